The zero-order chi connectivity index (χ0) is 12.5. The number of hydrogen-bond donors (Lipinski definition) is 2. The van der Waals surface area contributed by atoms with Gasteiger partial charge in [0.2, 0.25) is 0 Å². The second-order valence-electron chi connectivity index (χ2n) is 3.84. The molecule has 0 aliphatic heterocycles. The maximum Gasteiger partial charge on any atom is 0.191 e. The van der Waals surface area contributed by atoms with Crippen LogP contribution in [0.15, 0.2) is 29.3 Å². The lowest BCUT2D eigenvalue weighted by atomic mass is 10.2. The molecule has 0 amide bonds. The van der Waals surface area contributed by atoms with Crippen molar-refractivity contribution in [3.8, 4) is 0 Å². The molecule has 0 atom stereocenters. The van der Waals surface area contributed by atoms with Crippen LogP contribution < -0.4 is 10.6 Å². The lowest BCUT2D eigenvalue weighted by Crippen LogP contribution is -2.37. The lowest BCUT2D eigenvalue weighted by molar-refractivity contribution is 0.624. The third kappa shape index (κ3) is 5.33. The first-order valence-electron chi connectivity index (χ1n) is 5.95. The molecule has 0 unspecified atom stereocenters. The summed E-state index contributed by atoms with van der Waals surface area (Å²) < 4.78 is 12.9. The minimum Gasteiger partial charge on any atom is -0.356 e. The van der Waals surface area contributed by atoms with Crippen molar-refractivity contribution in [2.24, 2.45) is 4.99 Å². The Kier molecular flexibility index (Phi) is 6.07. The zero-order valence-corrected chi connectivity index (χ0v) is 10.5. The molecular formula is C13H20FN3. The number of benzene rings is 1. The summed E-state index contributed by atoms with van der Waals surface area (Å²) in [6.45, 7) is 3.62. The van der Waals surface area contributed by atoms with Crippen molar-refractivity contribution < 1.29 is 4.39 Å². The Balaban J connectivity index is 2.37. The van der Waals surface area contributed by atoms with Gasteiger partial charge in [0, 0.05) is 20.1 Å². The van der Waals surface area contributed by atoms with Crippen LogP contribution in [0.5, 0.6) is 0 Å². The molecule has 0 bridgehead atoms. The van der Waals surface area contributed by atoms with E-state index in [9.17, 15) is 4.39 Å². The molecule has 1 aromatic carbocycles. The van der Waals surface area contributed by atoms with Crippen molar-refractivity contribution in [1.82, 2.24) is 10.6 Å². The number of aliphatic imine (C=N–C) groups is 1. The molecule has 1 aromatic rings. The van der Waals surface area contributed by atoms with Crippen LogP contribution in [0.25, 0.3) is 0 Å². The predicted molar refractivity (Wildman–Crippen MR) is 69.5 cm³/mol. The first-order chi connectivity index (χ1) is 8.26. The minimum atomic E-state index is -0.210. The number of nitrogens with one attached hydrogen (secondary N) is 2. The fourth-order valence-corrected chi connectivity index (χ4v) is 1.44. The molecule has 0 radical (unpaired) electrons. The molecular weight excluding hydrogens is 217 g/mol. The SMILES string of the molecule is CCCCNC(=NC)NCc1cccc(F)c1. The number of halogens is 1. The Morgan fingerprint density at radius 1 is 1.35 bits per heavy atom. The zero-order valence-electron chi connectivity index (χ0n) is 10.5. The summed E-state index contributed by atoms with van der Waals surface area (Å²) in [4.78, 5) is 4.10. The highest BCUT2D eigenvalue weighted by Gasteiger charge is 1.98. The van der Waals surface area contributed by atoms with Gasteiger partial charge in [-0.25, -0.2) is 4.39 Å². The molecule has 0 aromatic heterocycles. The number of rotatable bonds is 5. The third-order valence-corrected chi connectivity index (χ3v) is 2.40. The van der Waals surface area contributed by atoms with Crippen molar-refractivity contribution in [2.75, 3.05) is 13.6 Å². The highest BCUT2D eigenvalue weighted by Crippen LogP contribution is 2.02. The number of unbranched alkanes of at least 4 members (excludes halogenated alkanes) is 1. The van der Waals surface area contributed by atoms with Crippen LogP contribution in [0, 0.1) is 5.82 Å². The molecule has 0 heterocycles. The van der Waals surface area contributed by atoms with Crippen LogP contribution in [-0.4, -0.2) is 19.6 Å². The molecule has 0 aliphatic carbocycles. The third-order valence-electron chi connectivity index (χ3n) is 2.40. The molecule has 0 spiro atoms. The molecule has 3 nitrogen and oxygen atoms in total. The predicted octanol–water partition coefficient (Wildman–Crippen LogP) is 2.29. The van der Waals surface area contributed by atoms with E-state index in [2.05, 4.69) is 22.5 Å². The molecule has 2 N–H and O–H groups in total. The van der Waals surface area contributed by atoms with E-state index >= 15 is 0 Å². The van der Waals surface area contributed by atoms with E-state index in [-0.39, 0.29) is 5.82 Å². The van der Waals surface area contributed by atoms with Gasteiger partial charge >= 0.3 is 0 Å². The van der Waals surface area contributed by atoms with Gasteiger partial charge in [-0.15, -0.1) is 0 Å². The van der Waals surface area contributed by atoms with E-state index < -0.39 is 0 Å². The maximum atomic E-state index is 12.9. The topological polar surface area (TPSA) is 36.4 Å². The van der Waals surface area contributed by atoms with E-state index in [1.54, 1.807) is 13.1 Å². The molecule has 0 saturated carbocycles. The first-order valence-corrected chi connectivity index (χ1v) is 5.95. The van der Waals surface area contributed by atoms with E-state index in [0.717, 1.165) is 30.9 Å². The number of hydrogen-bond acceptors (Lipinski definition) is 1. The van der Waals surface area contributed by atoms with Crippen LogP contribution >= 0.6 is 0 Å². The summed E-state index contributed by atoms with van der Waals surface area (Å²) in [5.74, 6) is 0.543. The average molecular weight is 237 g/mol. The van der Waals surface area contributed by atoms with Gasteiger partial charge in [-0.05, 0) is 24.1 Å². The van der Waals surface area contributed by atoms with Crippen molar-refractivity contribution in [3.63, 3.8) is 0 Å². The Morgan fingerprint density at radius 3 is 2.82 bits per heavy atom. The van der Waals surface area contributed by atoms with E-state index in [0.29, 0.717) is 6.54 Å². The maximum absolute atomic E-state index is 12.9. The molecule has 1 rings (SSSR count). The van der Waals surface area contributed by atoms with E-state index in [1.165, 1.54) is 12.1 Å². The molecule has 0 fully saturated rings. The van der Waals surface area contributed by atoms with Gasteiger partial charge < -0.3 is 10.6 Å². The second-order valence-corrected chi connectivity index (χ2v) is 3.84. The van der Waals surface area contributed by atoms with E-state index in [4.69, 9.17) is 0 Å². The van der Waals surface area contributed by atoms with Gasteiger partial charge in [0.1, 0.15) is 5.82 Å². The molecule has 0 saturated heterocycles. The van der Waals surface area contributed by atoms with Gasteiger partial charge in [0.25, 0.3) is 0 Å². The van der Waals surface area contributed by atoms with Crippen molar-refractivity contribution in [2.45, 2.75) is 26.3 Å². The molecule has 4 heteroatoms. The van der Waals surface area contributed by atoms with Crippen LogP contribution in [0.3, 0.4) is 0 Å². The number of nitrogens with zero attached hydrogens (tertiary/aromatic N) is 1. The van der Waals surface area contributed by atoms with E-state index in [1.807, 2.05) is 6.07 Å². The standard InChI is InChI=1S/C13H20FN3/c1-3-4-8-16-13(15-2)17-10-11-6-5-7-12(14)9-11/h5-7,9H,3-4,8,10H2,1-2H3,(H2,15,16,17). The minimum absolute atomic E-state index is 0.210. The monoisotopic (exact) mass is 237 g/mol. The Morgan fingerprint density at radius 2 is 2.18 bits per heavy atom. The summed E-state index contributed by atoms with van der Waals surface area (Å²) in [6, 6.07) is 6.55. The van der Waals surface area contributed by atoms with Crippen molar-refractivity contribution in [3.05, 3.63) is 35.6 Å². The quantitative estimate of drug-likeness (QED) is 0.468. The summed E-state index contributed by atoms with van der Waals surface area (Å²) in [6.07, 6.45) is 2.26. The Bertz CT molecular complexity index is 363. The van der Waals surface area contributed by atoms with Gasteiger partial charge in [-0.3, -0.25) is 4.99 Å². The fraction of sp³-hybridized carbons (Fsp3) is 0.462. The van der Waals surface area contributed by atoms with Crippen LogP contribution in [0.4, 0.5) is 4.39 Å². The van der Waals surface area contributed by atoms with Crippen molar-refractivity contribution in [1.29, 1.82) is 0 Å². The van der Waals surface area contributed by atoms with Crippen molar-refractivity contribution >= 4 is 5.96 Å². The van der Waals surface area contributed by atoms with Gasteiger partial charge in [0.05, 0.1) is 0 Å². The summed E-state index contributed by atoms with van der Waals surface area (Å²) in [7, 11) is 1.73. The Hall–Kier alpha value is -1.58. The van der Waals surface area contributed by atoms with Gasteiger partial charge in [-0.1, -0.05) is 25.5 Å². The Labute approximate surface area is 102 Å². The molecule has 0 aliphatic rings. The summed E-state index contributed by atoms with van der Waals surface area (Å²) in [5, 5.41) is 6.34. The highest BCUT2D eigenvalue weighted by atomic mass is 19.1. The van der Waals surface area contributed by atoms with Crippen LogP contribution in [-0.2, 0) is 6.54 Å². The second kappa shape index (κ2) is 7.65. The summed E-state index contributed by atoms with van der Waals surface area (Å²) in [5.41, 5.74) is 0.906. The average Bonchev–Trinajstić information content (AvgIpc) is 2.34. The first kappa shape index (κ1) is 13.5. The summed E-state index contributed by atoms with van der Waals surface area (Å²) >= 11 is 0. The highest BCUT2D eigenvalue weighted by molar-refractivity contribution is 5.79. The van der Waals surface area contributed by atoms with Gasteiger partial charge in [0.15, 0.2) is 5.96 Å². The van der Waals surface area contributed by atoms with Gasteiger partial charge in [-0.2, -0.15) is 0 Å². The molecule has 94 valence electrons. The number of guanidine groups is 1. The smallest absolute Gasteiger partial charge is 0.191 e. The van der Waals surface area contributed by atoms with Crippen LogP contribution in [0.2, 0.25) is 0 Å². The normalized spacial score (nSPS) is 11.4. The fourth-order valence-electron chi connectivity index (χ4n) is 1.44. The largest absolute Gasteiger partial charge is 0.356 e. The molecule has 17 heavy (non-hydrogen) atoms. The lowest BCUT2D eigenvalue weighted by Gasteiger charge is -2.11. The van der Waals surface area contributed by atoms with Crippen LogP contribution in [0.1, 0.15) is 25.3 Å².